The maximum atomic E-state index is 6.25. The predicted octanol–water partition coefficient (Wildman–Crippen LogP) is 3.62. The topological polar surface area (TPSA) is 21.7 Å². The quantitative estimate of drug-likeness (QED) is 0.846. The fourth-order valence-electron chi connectivity index (χ4n) is 2.72. The van der Waals surface area contributed by atoms with E-state index in [1.165, 1.54) is 0 Å². The molecule has 0 unspecified atom stereocenters. The van der Waals surface area contributed by atoms with Crippen LogP contribution in [-0.4, -0.2) is 43.4 Å². The van der Waals surface area contributed by atoms with Crippen LogP contribution < -0.4 is 0 Å². The molecule has 0 bridgehead atoms. The standard InChI is InChI=1S/C15H21Cl2NO2/c1-15(2)10-18(7-11(20-15)9-19-3)8-12-13(16)5-4-6-14(12)17/h4-6,11H,7-10H2,1-3H3/t11-/m0/s1. The summed E-state index contributed by atoms with van der Waals surface area (Å²) in [6.45, 7) is 7.17. The molecule has 3 nitrogen and oxygen atoms in total. The Bertz CT molecular complexity index is 445. The number of hydrogen-bond acceptors (Lipinski definition) is 3. The lowest BCUT2D eigenvalue weighted by Crippen LogP contribution is -2.53. The summed E-state index contributed by atoms with van der Waals surface area (Å²) in [4.78, 5) is 2.32. The second kappa shape index (κ2) is 6.63. The summed E-state index contributed by atoms with van der Waals surface area (Å²) in [5.41, 5.74) is 0.777. The highest BCUT2D eigenvalue weighted by Crippen LogP contribution is 2.28. The molecule has 112 valence electrons. The predicted molar refractivity (Wildman–Crippen MR) is 82.6 cm³/mol. The minimum absolute atomic E-state index is 0.0741. The van der Waals surface area contributed by atoms with Gasteiger partial charge in [-0.2, -0.15) is 0 Å². The van der Waals surface area contributed by atoms with Crippen molar-refractivity contribution in [3.63, 3.8) is 0 Å². The van der Waals surface area contributed by atoms with Gasteiger partial charge < -0.3 is 9.47 Å². The Morgan fingerprint density at radius 3 is 2.60 bits per heavy atom. The normalized spacial score (nSPS) is 22.9. The van der Waals surface area contributed by atoms with E-state index in [4.69, 9.17) is 32.7 Å². The first-order chi connectivity index (χ1) is 9.41. The van der Waals surface area contributed by atoms with E-state index in [-0.39, 0.29) is 11.7 Å². The molecular formula is C15H21Cl2NO2. The van der Waals surface area contributed by atoms with Gasteiger partial charge in [-0.3, -0.25) is 4.90 Å². The largest absolute Gasteiger partial charge is 0.382 e. The van der Waals surface area contributed by atoms with E-state index in [1.54, 1.807) is 7.11 Å². The molecule has 0 N–H and O–H groups in total. The van der Waals surface area contributed by atoms with Crippen molar-refractivity contribution in [3.8, 4) is 0 Å². The SMILES string of the molecule is COC[C@@H]1CN(Cc2c(Cl)cccc2Cl)CC(C)(C)O1. The smallest absolute Gasteiger partial charge is 0.0942 e. The third kappa shape index (κ3) is 4.09. The molecule has 0 saturated carbocycles. The number of ether oxygens (including phenoxy) is 2. The first-order valence-electron chi connectivity index (χ1n) is 6.73. The minimum Gasteiger partial charge on any atom is -0.382 e. The summed E-state index contributed by atoms with van der Waals surface area (Å²) in [5.74, 6) is 0. The highest BCUT2D eigenvalue weighted by Gasteiger charge is 2.33. The summed E-state index contributed by atoms with van der Waals surface area (Å²) < 4.78 is 11.2. The molecule has 1 aromatic rings. The van der Waals surface area contributed by atoms with Crippen LogP contribution in [-0.2, 0) is 16.0 Å². The van der Waals surface area contributed by atoms with Gasteiger partial charge >= 0.3 is 0 Å². The van der Waals surface area contributed by atoms with Gasteiger partial charge in [0.15, 0.2) is 0 Å². The number of hydrogen-bond donors (Lipinski definition) is 0. The Morgan fingerprint density at radius 1 is 1.35 bits per heavy atom. The fourth-order valence-corrected chi connectivity index (χ4v) is 3.23. The molecule has 2 rings (SSSR count). The zero-order valence-corrected chi connectivity index (χ0v) is 13.7. The molecule has 0 radical (unpaired) electrons. The number of benzene rings is 1. The molecule has 1 aliphatic heterocycles. The Labute approximate surface area is 130 Å². The van der Waals surface area contributed by atoms with Crippen molar-refractivity contribution < 1.29 is 9.47 Å². The van der Waals surface area contributed by atoms with Crippen molar-refractivity contribution in [2.24, 2.45) is 0 Å². The van der Waals surface area contributed by atoms with Gasteiger partial charge in [0.1, 0.15) is 0 Å². The molecule has 1 atom stereocenters. The molecule has 1 aliphatic rings. The average molecular weight is 318 g/mol. The number of halogens is 2. The van der Waals surface area contributed by atoms with Crippen molar-refractivity contribution in [2.45, 2.75) is 32.1 Å². The van der Waals surface area contributed by atoms with E-state index in [0.717, 1.165) is 25.2 Å². The highest BCUT2D eigenvalue weighted by atomic mass is 35.5. The number of nitrogens with zero attached hydrogens (tertiary/aromatic N) is 1. The molecule has 1 fully saturated rings. The molecular weight excluding hydrogens is 297 g/mol. The first-order valence-corrected chi connectivity index (χ1v) is 7.49. The number of morpholine rings is 1. The van der Waals surface area contributed by atoms with E-state index in [2.05, 4.69) is 18.7 Å². The maximum absolute atomic E-state index is 6.25. The van der Waals surface area contributed by atoms with Crippen LogP contribution in [0.2, 0.25) is 10.0 Å². The summed E-state index contributed by atoms with van der Waals surface area (Å²) in [7, 11) is 1.69. The monoisotopic (exact) mass is 317 g/mol. The van der Waals surface area contributed by atoms with E-state index < -0.39 is 0 Å². The Morgan fingerprint density at radius 2 is 2.00 bits per heavy atom. The van der Waals surface area contributed by atoms with Crippen LogP contribution in [0.3, 0.4) is 0 Å². The second-order valence-electron chi connectivity index (χ2n) is 5.82. The molecule has 20 heavy (non-hydrogen) atoms. The summed E-state index contributed by atoms with van der Waals surface area (Å²) in [6.07, 6.45) is 0.0741. The first kappa shape index (κ1) is 16.1. The van der Waals surface area contributed by atoms with Gasteiger partial charge in [0.25, 0.3) is 0 Å². The van der Waals surface area contributed by atoms with Crippen LogP contribution >= 0.6 is 23.2 Å². The van der Waals surface area contributed by atoms with Crippen LogP contribution in [0.5, 0.6) is 0 Å². The highest BCUT2D eigenvalue weighted by molar-refractivity contribution is 6.35. The van der Waals surface area contributed by atoms with Crippen molar-refractivity contribution in [3.05, 3.63) is 33.8 Å². The fraction of sp³-hybridized carbons (Fsp3) is 0.600. The van der Waals surface area contributed by atoms with Crippen molar-refractivity contribution in [1.82, 2.24) is 4.90 Å². The second-order valence-corrected chi connectivity index (χ2v) is 6.64. The molecule has 0 amide bonds. The molecule has 1 saturated heterocycles. The lowest BCUT2D eigenvalue weighted by Gasteiger charge is -2.42. The lowest BCUT2D eigenvalue weighted by molar-refractivity contribution is -0.154. The summed E-state index contributed by atoms with van der Waals surface area (Å²) in [6, 6.07) is 5.62. The Hall–Kier alpha value is -0.320. The van der Waals surface area contributed by atoms with Crippen LogP contribution in [0.15, 0.2) is 18.2 Å². The van der Waals surface area contributed by atoms with Gasteiger partial charge in [-0.15, -0.1) is 0 Å². The van der Waals surface area contributed by atoms with Crippen molar-refractivity contribution in [2.75, 3.05) is 26.8 Å². The molecule has 0 aromatic heterocycles. The third-order valence-electron chi connectivity index (χ3n) is 3.35. The maximum Gasteiger partial charge on any atom is 0.0942 e. The van der Waals surface area contributed by atoms with Crippen LogP contribution in [0.4, 0.5) is 0 Å². The van der Waals surface area contributed by atoms with E-state index in [9.17, 15) is 0 Å². The van der Waals surface area contributed by atoms with Gasteiger partial charge in [0.2, 0.25) is 0 Å². The van der Waals surface area contributed by atoms with Crippen molar-refractivity contribution in [1.29, 1.82) is 0 Å². The van der Waals surface area contributed by atoms with Crippen LogP contribution in [0.25, 0.3) is 0 Å². The number of rotatable bonds is 4. The lowest BCUT2D eigenvalue weighted by atomic mass is 10.0. The van der Waals surface area contributed by atoms with Gasteiger partial charge in [0.05, 0.1) is 18.3 Å². The third-order valence-corrected chi connectivity index (χ3v) is 4.06. The molecule has 0 aliphatic carbocycles. The number of methoxy groups -OCH3 is 1. The van der Waals surface area contributed by atoms with Gasteiger partial charge in [-0.25, -0.2) is 0 Å². The summed E-state index contributed by atoms with van der Waals surface area (Å²) in [5, 5.41) is 1.43. The van der Waals surface area contributed by atoms with Gasteiger partial charge in [0, 0.05) is 42.4 Å². The summed E-state index contributed by atoms with van der Waals surface area (Å²) >= 11 is 12.5. The van der Waals surface area contributed by atoms with Crippen LogP contribution in [0.1, 0.15) is 19.4 Å². The minimum atomic E-state index is -0.199. The molecule has 5 heteroatoms. The Kier molecular flexibility index (Phi) is 5.32. The van der Waals surface area contributed by atoms with E-state index in [0.29, 0.717) is 16.7 Å². The van der Waals surface area contributed by atoms with Gasteiger partial charge in [-0.05, 0) is 26.0 Å². The zero-order valence-electron chi connectivity index (χ0n) is 12.2. The Balaban J connectivity index is 2.11. The molecule has 0 spiro atoms. The van der Waals surface area contributed by atoms with Gasteiger partial charge in [-0.1, -0.05) is 29.3 Å². The average Bonchev–Trinajstić information content (AvgIpc) is 2.32. The van der Waals surface area contributed by atoms with E-state index >= 15 is 0 Å². The van der Waals surface area contributed by atoms with E-state index in [1.807, 2.05) is 18.2 Å². The van der Waals surface area contributed by atoms with Crippen molar-refractivity contribution >= 4 is 23.2 Å². The zero-order chi connectivity index (χ0) is 14.8. The molecule has 1 aromatic carbocycles. The van der Waals surface area contributed by atoms with Crippen LogP contribution in [0, 0.1) is 0 Å². The molecule has 1 heterocycles.